The molecule has 0 radical (unpaired) electrons. The van der Waals surface area contributed by atoms with E-state index >= 15 is 0 Å². The smallest absolute Gasteiger partial charge is 0.274 e. The molecule has 1 heterocycles. The van der Waals surface area contributed by atoms with Crippen LogP contribution in [-0.4, -0.2) is 21.0 Å². The number of amides is 1. The summed E-state index contributed by atoms with van der Waals surface area (Å²) < 4.78 is 0. The zero-order valence-corrected chi connectivity index (χ0v) is 13.1. The number of H-pyrrole nitrogens is 1. The van der Waals surface area contributed by atoms with Gasteiger partial charge in [0.15, 0.2) is 0 Å². The number of hydrogen-bond donors (Lipinski definition) is 1. The summed E-state index contributed by atoms with van der Waals surface area (Å²) in [5.41, 5.74) is 1.96. The maximum Gasteiger partial charge on any atom is 0.274 e. The van der Waals surface area contributed by atoms with Gasteiger partial charge in [-0.3, -0.25) is 9.59 Å². The van der Waals surface area contributed by atoms with E-state index < -0.39 is 0 Å². The largest absolute Gasteiger partial charge is 0.329 e. The molecule has 0 unspecified atom stereocenters. The zero-order valence-electron chi connectivity index (χ0n) is 13.1. The molecule has 0 aliphatic rings. The van der Waals surface area contributed by atoms with Crippen LogP contribution in [0.4, 0.5) is 0 Å². The highest BCUT2D eigenvalue weighted by atomic mass is 16.2. The van der Waals surface area contributed by atoms with Crippen molar-refractivity contribution < 1.29 is 4.79 Å². The van der Waals surface area contributed by atoms with E-state index in [0.717, 1.165) is 11.1 Å². The van der Waals surface area contributed by atoms with Gasteiger partial charge < -0.3 is 4.90 Å². The summed E-state index contributed by atoms with van der Waals surface area (Å²) in [4.78, 5) is 25.7. The van der Waals surface area contributed by atoms with Gasteiger partial charge in [0.2, 0.25) is 0 Å². The van der Waals surface area contributed by atoms with Gasteiger partial charge in [-0.2, -0.15) is 5.10 Å². The topological polar surface area (TPSA) is 66.1 Å². The van der Waals surface area contributed by atoms with Gasteiger partial charge in [0.25, 0.3) is 11.5 Å². The van der Waals surface area contributed by atoms with Gasteiger partial charge in [-0.1, -0.05) is 60.7 Å². The second kappa shape index (κ2) is 7.37. The van der Waals surface area contributed by atoms with Crippen molar-refractivity contribution in [1.29, 1.82) is 0 Å². The zero-order chi connectivity index (χ0) is 16.8. The molecule has 1 aromatic heterocycles. The molecule has 0 fully saturated rings. The van der Waals surface area contributed by atoms with Gasteiger partial charge in [0.1, 0.15) is 5.69 Å². The molecule has 24 heavy (non-hydrogen) atoms. The van der Waals surface area contributed by atoms with Gasteiger partial charge in [0.05, 0.1) is 0 Å². The number of nitrogens with zero attached hydrogens (tertiary/aromatic N) is 2. The van der Waals surface area contributed by atoms with Gasteiger partial charge in [-0.15, -0.1) is 0 Å². The van der Waals surface area contributed by atoms with Crippen molar-refractivity contribution in [3.63, 3.8) is 0 Å². The number of carbonyl (C=O) groups is 1. The highest BCUT2D eigenvalue weighted by molar-refractivity contribution is 5.92. The van der Waals surface area contributed by atoms with Crippen LogP contribution in [-0.2, 0) is 13.1 Å². The third-order valence-corrected chi connectivity index (χ3v) is 3.62. The Balaban J connectivity index is 1.87. The normalized spacial score (nSPS) is 10.3. The molecule has 0 bridgehead atoms. The van der Waals surface area contributed by atoms with Crippen molar-refractivity contribution >= 4 is 5.91 Å². The molecular weight excluding hydrogens is 302 g/mol. The predicted molar refractivity (Wildman–Crippen MR) is 91.3 cm³/mol. The fourth-order valence-electron chi connectivity index (χ4n) is 2.43. The number of aromatic amines is 1. The van der Waals surface area contributed by atoms with Gasteiger partial charge in [-0.05, 0) is 17.2 Å². The molecule has 0 saturated heterocycles. The van der Waals surface area contributed by atoms with Gasteiger partial charge in [-0.25, -0.2) is 5.10 Å². The Hall–Kier alpha value is -3.21. The average Bonchev–Trinajstić information content (AvgIpc) is 2.63. The van der Waals surface area contributed by atoms with E-state index in [1.807, 2.05) is 60.7 Å². The van der Waals surface area contributed by atoms with E-state index in [-0.39, 0.29) is 17.2 Å². The number of rotatable bonds is 5. The molecule has 0 atom stereocenters. The van der Waals surface area contributed by atoms with Crippen LogP contribution in [0.25, 0.3) is 0 Å². The molecule has 1 N–H and O–H groups in total. The summed E-state index contributed by atoms with van der Waals surface area (Å²) in [5.74, 6) is -0.223. The highest BCUT2D eigenvalue weighted by Crippen LogP contribution is 2.12. The first-order valence-corrected chi connectivity index (χ1v) is 7.65. The third-order valence-electron chi connectivity index (χ3n) is 3.62. The van der Waals surface area contributed by atoms with E-state index in [9.17, 15) is 9.59 Å². The first kappa shape index (κ1) is 15.7. The number of hydrogen-bond acceptors (Lipinski definition) is 3. The maximum absolute atomic E-state index is 12.8. The van der Waals surface area contributed by atoms with E-state index in [2.05, 4.69) is 10.2 Å². The van der Waals surface area contributed by atoms with Crippen LogP contribution in [0.5, 0.6) is 0 Å². The molecule has 5 nitrogen and oxygen atoms in total. The van der Waals surface area contributed by atoms with E-state index in [1.54, 1.807) is 4.90 Å². The summed E-state index contributed by atoms with van der Waals surface area (Å²) >= 11 is 0. The number of carbonyl (C=O) groups excluding carboxylic acids is 1. The van der Waals surface area contributed by atoms with Crippen LogP contribution < -0.4 is 5.56 Å². The Morgan fingerprint density at radius 1 is 0.833 bits per heavy atom. The Labute approximate surface area is 139 Å². The number of aromatic nitrogens is 2. The molecule has 5 heteroatoms. The molecule has 2 aromatic carbocycles. The fourth-order valence-corrected chi connectivity index (χ4v) is 2.43. The van der Waals surface area contributed by atoms with E-state index in [1.165, 1.54) is 12.1 Å². The summed E-state index contributed by atoms with van der Waals surface area (Å²) in [6.45, 7) is 0.935. The molecule has 0 saturated carbocycles. The first-order valence-electron chi connectivity index (χ1n) is 7.65. The Bertz CT molecular complexity index is 799. The molecular formula is C19H17N3O2. The molecule has 1 amide bonds. The first-order chi connectivity index (χ1) is 11.7. The van der Waals surface area contributed by atoms with Crippen LogP contribution in [0.1, 0.15) is 21.6 Å². The Kier molecular flexibility index (Phi) is 4.81. The summed E-state index contributed by atoms with van der Waals surface area (Å²) in [6, 6.07) is 22.3. The van der Waals surface area contributed by atoms with Crippen LogP contribution in [0.15, 0.2) is 77.6 Å². The predicted octanol–water partition coefficient (Wildman–Crippen LogP) is 2.61. The minimum Gasteiger partial charge on any atom is -0.329 e. The van der Waals surface area contributed by atoms with Crippen molar-refractivity contribution in [2.75, 3.05) is 0 Å². The average molecular weight is 319 g/mol. The second-order valence-corrected chi connectivity index (χ2v) is 5.44. The molecule has 0 aliphatic carbocycles. The molecule has 0 spiro atoms. The van der Waals surface area contributed by atoms with Crippen molar-refractivity contribution in [2.45, 2.75) is 13.1 Å². The Morgan fingerprint density at radius 3 is 1.83 bits per heavy atom. The standard InChI is InChI=1S/C19H17N3O2/c23-18-12-11-17(20-21-18)19(24)22(13-15-7-3-1-4-8-15)14-16-9-5-2-6-10-16/h1-12H,13-14H2,(H,21,23). The van der Waals surface area contributed by atoms with Crippen LogP contribution >= 0.6 is 0 Å². The summed E-state index contributed by atoms with van der Waals surface area (Å²) in [6.07, 6.45) is 0. The summed E-state index contributed by atoms with van der Waals surface area (Å²) in [7, 11) is 0. The molecule has 3 rings (SSSR count). The molecule has 120 valence electrons. The van der Waals surface area contributed by atoms with Gasteiger partial charge >= 0.3 is 0 Å². The van der Waals surface area contributed by atoms with Crippen molar-refractivity contribution in [3.8, 4) is 0 Å². The minimum atomic E-state index is -0.329. The lowest BCUT2D eigenvalue weighted by Crippen LogP contribution is -2.31. The SMILES string of the molecule is O=C(c1ccc(=O)[nH]n1)N(Cc1ccccc1)Cc1ccccc1. The number of benzene rings is 2. The molecule has 3 aromatic rings. The lowest BCUT2D eigenvalue weighted by Gasteiger charge is -2.22. The lowest BCUT2D eigenvalue weighted by molar-refractivity contribution is 0.0722. The van der Waals surface area contributed by atoms with Crippen molar-refractivity contribution in [1.82, 2.24) is 15.1 Å². The Morgan fingerprint density at radius 2 is 1.38 bits per heavy atom. The van der Waals surface area contributed by atoms with Crippen LogP contribution in [0.3, 0.4) is 0 Å². The van der Waals surface area contributed by atoms with Crippen LogP contribution in [0.2, 0.25) is 0 Å². The summed E-state index contributed by atoms with van der Waals surface area (Å²) in [5, 5.41) is 6.16. The van der Waals surface area contributed by atoms with Gasteiger partial charge in [0, 0.05) is 19.2 Å². The highest BCUT2D eigenvalue weighted by Gasteiger charge is 2.18. The second-order valence-electron chi connectivity index (χ2n) is 5.44. The van der Waals surface area contributed by atoms with Crippen molar-refractivity contribution in [3.05, 3.63) is 100.0 Å². The molecule has 0 aliphatic heterocycles. The lowest BCUT2D eigenvalue weighted by atomic mass is 10.1. The quantitative estimate of drug-likeness (QED) is 0.786. The van der Waals surface area contributed by atoms with E-state index in [0.29, 0.717) is 13.1 Å². The number of nitrogens with one attached hydrogen (secondary N) is 1. The monoisotopic (exact) mass is 319 g/mol. The minimum absolute atomic E-state index is 0.223. The van der Waals surface area contributed by atoms with Crippen LogP contribution in [0, 0.1) is 0 Å². The maximum atomic E-state index is 12.8. The third kappa shape index (κ3) is 3.95. The van der Waals surface area contributed by atoms with Crippen molar-refractivity contribution in [2.24, 2.45) is 0 Å². The van der Waals surface area contributed by atoms with E-state index in [4.69, 9.17) is 0 Å². The fraction of sp³-hybridized carbons (Fsp3) is 0.105.